The van der Waals surface area contributed by atoms with Crippen molar-refractivity contribution in [3.8, 4) is 17.2 Å². The van der Waals surface area contributed by atoms with Gasteiger partial charge in [-0.3, -0.25) is 9.59 Å². The third kappa shape index (κ3) is 2.07. The van der Waals surface area contributed by atoms with Crippen LogP contribution in [0.3, 0.4) is 0 Å². The van der Waals surface area contributed by atoms with Gasteiger partial charge >= 0.3 is 0 Å². The molecule has 2 aliphatic rings. The minimum Gasteiger partial charge on any atom is -0.496 e. The highest BCUT2D eigenvalue weighted by Gasteiger charge is 2.62. The smallest absolute Gasteiger partial charge is 0.233 e. The van der Waals surface area contributed by atoms with Crippen LogP contribution in [0, 0.1) is 11.7 Å². The largest absolute Gasteiger partial charge is 0.496 e. The van der Waals surface area contributed by atoms with Crippen LogP contribution in [0.5, 0.6) is 17.2 Å². The highest BCUT2D eigenvalue weighted by Crippen LogP contribution is 2.52. The summed E-state index contributed by atoms with van der Waals surface area (Å²) < 4.78 is 35.7. The van der Waals surface area contributed by atoms with E-state index in [0.29, 0.717) is 0 Å². The average Bonchev–Trinajstić information content (AvgIpc) is 2.92. The number of ether oxygens (including phenoxy) is 4. The molecule has 0 unspecified atom stereocenters. The molecule has 3 atom stereocenters. The van der Waals surface area contributed by atoms with Gasteiger partial charge in [-0.05, 0) is 0 Å². The molecule has 134 valence electrons. The molecule has 0 bridgehead atoms. The van der Waals surface area contributed by atoms with Gasteiger partial charge in [0, 0.05) is 18.1 Å². The van der Waals surface area contributed by atoms with Gasteiger partial charge in [0.2, 0.25) is 17.2 Å². The van der Waals surface area contributed by atoms with E-state index >= 15 is 0 Å². The molecule has 1 aliphatic carbocycles. The zero-order valence-electron chi connectivity index (χ0n) is 14.1. The molecule has 1 aliphatic heterocycles. The summed E-state index contributed by atoms with van der Waals surface area (Å²) in [6.07, 6.45) is -0.496. The number of ketones is 2. The maximum atomic E-state index is 14.7. The van der Waals surface area contributed by atoms with Crippen LogP contribution in [0.1, 0.15) is 17.3 Å². The Morgan fingerprint density at radius 2 is 1.80 bits per heavy atom. The first-order valence-corrected chi connectivity index (χ1v) is 7.49. The molecule has 0 amide bonds. The van der Waals surface area contributed by atoms with Crippen LogP contribution >= 0.6 is 0 Å². The minimum absolute atomic E-state index is 0.0594. The highest BCUT2D eigenvalue weighted by atomic mass is 19.1. The molecule has 7 nitrogen and oxygen atoms in total. The average molecular weight is 352 g/mol. The minimum atomic E-state index is -1.86. The van der Waals surface area contributed by atoms with Gasteiger partial charge in [-0.25, -0.2) is 0 Å². The maximum Gasteiger partial charge on any atom is 0.233 e. The topological polar surface area (TPSA) is 91.3 Å². The first-order valence-electron chi connectivity index (χ1n) is 7.49. The first-order chi connectivity index (χ1) is 11.8. The first kappa shape index (κ1) is 17.2. The van der Waals surface area contributed by atoms with Crippen molar-refractivity contribution < 1.29 is 38.0 Å². The SMILES string of the molecule is COC1=CC(=O)[C@H](O)[C@@H](C)[C@]12Oc1c(F)c(OC)cc(OC)c1C2=O. The number of Topliss-reactive ketones (excluding diaryl/α,β-unsaturated/α-hetero) is 1. The Morgan fingerprint density at radius 3 is 2.36 bits per heavy atom. The molecule has 0 saturated heterocycles. The number of fused-ring (bicyclic) bond motifs is 1. The number of hydrogen-bond donors (Lipinski definition) is 1. The third-order valence-electron chi connectivity index (χ3n) is 4.68. The molecule has 3 rings (SSSR count). The van der Waals surface area contributed by atoms with Crippen molar-refractivity contribution in [2.24, 2.45) is 5.92 Å². The van der Waals surface area contributed by atoms with Gasteiger partial charge in [0.05, 0.1) is 21.3 Å². The summed E-state index contributed by atoms with van der Waals surface area (Å²) in [4.78, 5) is 25.1. The highest BCUT2D eigenvalue weighted by molar-refractivity contribution is 6.14. The maximum absolute atomic E-state index is 14.7. The number of aliphatic hydroxyl groups is 1. The third-order valence-corrected chi connectivity index (χ3v) is 4.68. The number of benzene rings is 1. The summed E-state index contributed by atoms with van der Waals surface area (Å²) in [6, 6.07) is 1.24. The molecule has 1 N–H and O–H groups in total. The molecule has 0 radical (unpaired) electrons. The molecule has 1 spiro atoms. The summed E-state index contributed by atoms with van der Waals surface area (Å²) in [7, 11) is 3.85. The van der Waals surface area contributed by atoms with E-state index in [-0.39, 0.29) is 28.6 Å². The molecule has 25 heavy (non-hydrogen) atoms. The van der Waals surface area contributed by atoms with Crippen LogP contribution in [0.15, 0.2) is 17.9 Å². The fourth-order valence-electron chi connectivity index (χ4n) is 3.29. The summed E-state index contributed by atoms with van der Waals surface area (Å²) >= 11 is 0. The lowest BCUT2D eigenvalue weighted by molar-refractivity contribution is -0.131. The van der Waals surface area contributed by atoms with Crippen LogP contribution in [0.4, 0.5) is 4.39 Å². The van der Waals surface area contributed by atoms with Gasteiger partial charge in [0.25, 0.3) is 0 Å². The second-order valence-corrected chi connectivity index (χ2v) is 5.81. The van der Waals surface area contributed by atoms with Crippen molar-refractivity contribution in [1.82, 2.24) is 0 Å². The van der Waals surface area contributed by atoms with Gasteiger partial charge in [0.1, 0.15) is 17.4 Å². The van der Waals surface area contributed by atoms with Crippen molar-refractivity contribution in [2.75, 3.05) is 21.3 Å². The van der Waals surface area contributed by atoms with Crippen molar-refractivity contribution in [1.29, 1.82) is 0 Å². The van der Waals surface area contributed by atoms with E-state index < -0.39 is 35.0 Å². The van der Waals surface area contributed by atoms with Gasteiger partial charge in [0.15, 0.2) is 23.0 Å². The number of hydrogen-bond acceptors (Lipinski definition) is 7. The van der Waals surface area contributed by atoms with E-state index in [9.17, 15) is 19.1 Å². The Bertz CT molecular complexity index is 801. The van der Waals surface area contributed by atoms with E-state index in [0.717, 1.165) is 6.08 Å². The Hall–Kier alpha value is -2.61. The molecule has 1 aromatic carbocycles. The Kier molecular flexibility index (Phi) is 3.95. The van der Waals surface area contributed by atoms with Crippen molar-refractivity contribution in [3.63, 3.8) is 0 Å². The fraction of sp³-hybridized carbons (Fsp3) is 0.412. The summed E-state index contributed by atoms with van der Waals surface area (Å²) in [5.41, 5.74) is -1.98. The molecular formula is C17H17FO7. The number of carbonyl (C=O) groups excluding carboxylic acids is 2. The van der Waals surface area contributed by atoms with Crippen LogP contribution < -0.4 is 14.2 Å². The van der Waals surface area contributed by atoms with Gasteiger partial charge < -0.3 is 24.1 Å². The Morgan fingerprint density at radius 1 is 1.16 bits per heavy atom. The fourth-order valence-corrected chi connectivity index (χ4v) is 3.29. The van der Waals surface area contributed by atoms with Gasteiger partial charge in [-0.2, -0.15) is 4.39 Å². The zero-order valence-corrected chi connectivity index (χ0v) is 14.1. The van der Waals surface area contributed by atoms with E-state index in [4.69, 9.17) is 18.9 Å². The Balaban J connectivity index is 2.28. The lowest BCUT2D eigenvalue weighted by Gasteiger charge is -2.38. The van der Waals surface area contributed by atoms with E-state index in [1.54, 1.807) is 0 Å². The molecule has 1 heterocycles. The molecule has 8 heteroatoms. The number of rotatable bonds is 3. The summed E-state index contributed by atoms with van der Waals surface area (Å²) in [6.45, 7) is 1.46. The van der Waals surface area contributed by atoms with Gasteiger partial charge in [-0.15, -0.1) is 0 Å². The molecule has 0 fully saturated rings. The van der Waals surface area contributed by atoms with Crippen molar-refractivity contribution in [2.45, 2.75) is 18.6 Å². The molecule has 1 aromatic rings. The molecular weight excluding hydrogens is 335 g/mol. The second kappa shape index (κ2) is 5.73. The van der Waals surface area contributed by atoms with Crippen molar-refractivity contribution in [3.05, 3.63) is 29.3 Å². The predicted molar refractivity (Wildman–Crippen MR) is 82.5 cm³/mol. The monoisotopic (exact) mass is 352 g/mol. The normalized spacial score (nSPS) is 27.7. The lowest BCUT2D eigenvalue weighted by Crippen LogP contribution is -2.57. The van der Waals surface area contributed by atoms with Crippen LogP contribution in [0.2, 0.25) is 0 Å². The standard InChI is InChI=1S/C17H17FO7/c1-7-14(20)8(19)5-11(24-4)17(7)16(21)12-9(22-2)6-10(23-3)13(18)15(12)25-17/h5-7,14,20H,1-4H3/t7-,14-,17+/m1/s1. The predicted octanol–water partition coefficient (Wildman–Crippen LogP) is 1.27. The van der Waals surface area contributed by atoms with Gasteiger partial charge in [-0.1, -0.05) is 6.92 Å². The molecule has 0 aromatic heterocycles. The summed E-state index contributed by atoms with van der Waals surface area (Å²) in [5, 5.41) is 10.1. The molecule has 0 saturated carbocycles. The summed E-state index contributed by atoms with van der Waals surface area (Å²) in [5.74, 6) is -3.73. The number of carbonyl (C=O) groups is 2. The Labute approximate surface area is 142 Å². The van der Waals surface area contributed by atoms with Crippen LogP contribution in [-0.4, -0.2) is 49.7 Å². The quantitative estimate of drug-likeness (QED) is 0.876. The van der Waals surface area contributed by atoms with E-state index in [1.807, 2.05) is 0 Å². The second-order valence-electron chi connectivity index (χ2n) is 5.81. The zero-order chi connectivity index (χ0) is 18.5. The van der Waals surface area contributed by atoms with Crippen LogP contribution in [0.25, 0.3) is 0 Å². The lowest BCUT2D eigenvalue weighted by atomic mass is 9.74. The number of methoxy groups -OCH3 is 3. The number of halogens is 1. The van der Waals surface area contributed by atoms with E-state index in [1.165, 1.54) is 34.3 Å². The van der Waals surface area contributed by atoms with Crippen LogP contribution in [-0.2, 0) is 9.53 Å². The van der Waals surface area contributed by atoms with E-state index in [2.05, 4.69) is 0 Å². The number of aliphatic hydroxyl groups excluding tert-OH is 1. The van der Waals surface area contributed by atoms with Crippen molar-refractivity contribution >= 4 is 11.6 Å².